The number of amidine groups is 1. The van der Waals surface area contributed by atoms with Crippen molar-refractivity contribution in [2.24, 2.45) is 10.8 Å². The zero-order chi connectivity index (χ0) is 14.6. The van der Waals surface area contributed by atoms with Crippen LogP contribution in [0.2, 0.25) is 5.02 Å². The molecule has 0 aliphatic carbocycles. The maximum absolute atomic E-state index is 11.6. The summed E-state index contributed by atoms with van der Waals surface area (Å²) < 4.78 is 23.2. The topological polar surface area (TPSA) is 132 Å². The highest BCUT2D eigenvalue weighted by Crippen LogP contribution is 2.29. The quantitative estimate of drug-likeness (QED) is 0.433. The Kier molecular flexibility index (Phi) is 4.47. The minimum Gasteiger partial charge on any atom is -0.382 e. The van der Waals surface area contributed by atoms with Crippen molar-refractivity contribution in [3.8, 4) is 6.07 Å². The lowest BCUT2D eigenvalue weighted by molar-refractivity contribution is 0.602. The van der Waals surface area contributed by atoms with Gasteiger partial charge in [0.15, 0.2) is 15.7 Å². The van der Waals surface area contributed by atoms with Crippen LogP contribution in [-0.4, -0.2) is 26.2 Å². The molecule has 0 heterocycles. The van der Waals surface area contributed by atoms with E-state index in [1.807, 2.05) is 0 Å². The van der Waals surface area contributed by atoms with Crippen LogP contribution in [-0.2, 0) is 9.84 Å². The van der Waals surface area contributed by atoms with Gasteiger partial charge < -0.3 is 5.73 Å². The first-order chi connectivity index (χ1) is 8.77. The lowest BCUT2D eigenvalue weighted by Gasteiger charge is -2.08. The minimum absolute atomic E-state index is 0.0315. The summed E-state index contributed by atoms with van der Waals surface area (Å²) >= 11 is 5.83. The lowest BCUT2D eigenvalue weighted by atomic mass is 10.3. The van der Waals surface area contributed by atoms with E-state index in [1.165, 1.54) is 18.2 Å². The summed E-state index contributed by atoms with van der Waals surface area (Å²) in [5.41, 5.74) is 7.22. The van der Waals surface area contributed by atoms with Gasteiger partial charge in [-0.3, -0.25) is 10.8 Å². The minimum atomic E-state index is -3.57. The van der Waals surface area contributed by atoms with Gasteiger partial charge in [0.05, 0.1) is 10.7 Å². The second-order valence-corrected chi connectivity index (χ2v) is 5.85. The first-order valence-corrected chi connectivity index (χ1v) is 7.11. The number of halogens is 1. The molecule has 100 valence electrons. The molecule has 0 amide bonds. The average molecular weight is 300 g/mol. The number of nitrogens with one attached hydrogen (secondary N) is 2. The van der Waals surface area contributed by atoms with E-state index in [2.05, 4.69) is 10.5 Å². The largest absolute Gasteiger partial charge is 0.382 e. The molecule has 0 spiro atoms. The maximum Gasteiger partial charge on any atom is 0.201 e. The van der Waals surface area contributed by atoms with Crippen LogP contribution in [0.3, 0.4) is 0 Å². The third kappa shape index (κ3) is 3.67. The Morgan fingerprint density at radius 1 is 1.58 bits per heavy atom. The highest BCUT2D eigenvalue weighted by molar-refractivity contribution is 7.91. The summed E-state index contributed by atoms with van der Waals surface area (Å²) in [5, 5.41) is 19.3. The molecule has 4 N–H and O–H groups in total. The number of nitriles is 1. The number of nitrogens with zero attached hydrogens (tertiary/aromatic N) is 2. The third-order valence-electron chi connectivity index (χ3n) is 1.99. The van der Waals surface area contributed by atoms with E-state index >= 15 is 0 Å². The molecule has 1 aromatic rings. The molecule has 0 bridgehead atoms. The Hall–Kier alpha value is -2.11. The molecular weight excluding hydrogens is 290 g/mol. The van der Waals surface area contributed by atoms with Gasteiger partial charge in [-0.15, -0.1) is 0 Å². The summed E-state index contributed by atoms with van der Waals surface area (Å²) in [5.74, 6) is -0.530. The molecule has 0 saturated heterocycles. The molecule has 0 aromatic heterocycles. The van der Waals surface area contributed by atoms with E-state index in [9.17, 15) is 8.42 Å². The molecule has 0 radical (unpaired) electrons. The van der Waals surface area contributed by atoms with E-state index in [1.54, 1.807) is 6.07 Å². The van der Waals surface area contributed by atoms with Gasteiger partial charge in [-0.1, -0.05) is 17.7 Å². The maximum atomic E-state index is 11.6. The number of rotatable bonds is 4. The van der Waals surface area contributed by atoms with Crippen molar-refractivity contribution in [1.82, 2.24) is 0 Å². The molecule has 9 heteroatoms. The van der Waals surface area contributed by atoms with Crippen LogP contribution in [0.15, 0.2) is 28.2 Å². The molecular formula is C10H10ClN5O2S. The molecule has 19 heavy (non-hydrogen) atoms. The van der Waals surface area contributed by atoms with E-state index < -0.39 is 15.7 Å². The van der Waals surface area contributed by atoms with Crippen molar-refractivity contribution in [3.63, 3.8) is 0 Å². The fourth-order valence-electron chi connectivity index (χ4n) is 1.24. The van der Waals surface area contributed by atoms with E-state index in [-0.39, 0.29) is 21.3 Å². The molecule has 0 aliphatic rings. The fraction of sp³-hybridized carbons (Fsp3) is 0.100. The second-order valence-electron chi connectivity index (χ2n) is 3.49. The first-order valence-electron chi connectivity index (χ1n) is 4.84. The fourth-order valence-corrected chi connectivity index (χ4v) is 2.77. The van der Waals surface area contributed by atoms with Crippen LogP contribution in [0, 0.1) is 16.7 Å². The third-order valence-corrected chi connectivity index (χ3v) is 3.60. The highest BCUT2D eigenvalue weighted by atomic mass is 35.5. The molecule has 0 aliphatic heterocycles. The number of nitrogens with two attached hydrogens (primary N) is 1. The number of benzene rings is 1. The molecule has 0 atom stereocenters. The van der Waals surface area contributed by atoms with Crippen molar-refractivity contribution in [2.75, 3.05) is 11.7 Å². The Morgan fingerprint density at radius 2 is 2.21 bits per heavy atom. The van der Waals surface area contributed by atoms with Gasteiger partial charge in [0, 0.05) is 6.26 Å². The molecule has 0 saturated carbocycles. The van der Waals surface area contributed by atoms with E-state index in [0.29, 0.717) is 0 Å². The Balaban J connectivity index is 3.28. The van der Waals surface area contributed by atoms with Crippen LogP contribution in [0.5, 0.6) is 0 Å². The molecule has 0 unspecified atom stereocenters. The number of anilines is 1. The summed E-state index contributed by atoms with van der Waals surface area (Å²) in [6, 6.07) is 5.97. The van der Waals surface area contributed by atoms with Crippen molar-refractivity contribution in [3.05, 3.63) is 23.2 Å². The molecule has 1 rings (SSSR count). The van der Waals surface area contributed by atoms with Crippen molar-refractivity contribution in [2.45, 2.75) is 4.90 Å². The van der Waals surface area contributed by atoms with Crippen LogP contribution in [0.25, 0.3) is 0 Å². The van der Waals surface area contributed by atoms with Gasteiger partial charge in [0.2, 0.25) is 5.71 Å². The smallest absolute Gasteiger partial charge is 0.201 e. The predicted molar refractivity (Wildman–Crippen MR) is 73.1 cm³/mol. The normalized spacial score (nSPS) is 11.7. The van der Waals surface area contributed by atoms with Gasteiger partial charge in [-0.25, -0.2) is 8.42 Å². The van der Waals surface area contributed by atoms with Gasteiger partial charge >= 0.3 is 0 Å². The summed E-state index contributed by atoms with van der Waals surface area (Å²) in [4.78, 5) is -0.138. The van der Waals surface area contributed by atoms with Gasteiger partial charge in [-0.05, 0) is 12.1 Å². The number of hydrogen-bond acceptors (Lipinski definition) is 6. The van der Waals surface area contributed by atoms with Crippen molar-refractivity contribution in [1.29, 1.82) is 10.7 Å². The summed E-state index contributed by atoms with van der Waals surface area (Å²) in [6.45, 7) is 0. The van der Waals surface area contributed by atoms with Crippen LogP contribution >= 0.6 is 11.6 Å². The standard InChI is InChI=1S/C10H10ClN5O2S/c1-19(17,18)9-6(11)3-2-4-7(9)15-16-8(5-12)10(13)14/h2-4,15H,1H3,(H3,13,14)/b16-8+. The molecule has 1 aromatic carbocycles. The molecule has 0 fully saturated rings. The van der Waals surface area contributed by atoms with Crippen molar-refractivity contribution < 1.29 is 8.42 Å². The Bertz CT molecular complexity index is 690. The van der Waals surface area contributed by atoms with E-state index in [4.69, 9.17) is 28.0 Å². The van der Waals surface area contributed by atoms with Gasteiger partial charge in [-0.2, -0.15) is 10.4 Å². The summed E-state index contributed by atoms with van der Waals surface area (Å²) in [7, 11) is -3.57. The predicted octanol–water partition coefficient (Wildman–Crippen LogP) is 0.971. The zero-order valence-electron chi connectivity index (χ0n) is 9.81. The van der Waals surface area contributed by atoms with Crippen molar-refractivity contribution >= 4 is 38.7 Å². The Morgan fingerprint density at radius 3 is 2.68 bits per heavy atom. The first kappa shape index (κ1) is 14.9. The van der Waals surface area contributed by atoms with Crippen LogP contribution in [0.4, 0.5) is 5.69 Å². The monoisotopic (exact) mass is 299 g/mol. The lowest BCUT2D eigenvalue weighted by Crippen LogP contribution is -2.22. The number of hydrogen-bond donors (Lipinski definition) is 3. The van der Waals surface area contributed by atoms with Gasteiger partial charge in [0.25, 0.3) is 0 Å². The number of hydrazone groups is 1. The number of sulfone groups is 1. The Labute approximate surface area is 115 Å². The van der Waals surface area contributed by atoms with Gasteiger partial charge in [0.1, 0.15) is 11.0 Å². The van der Waals surface area contributed by atoms with E-state index in [0.717, 1.165) is 6.26 Å². The SMILES string of the molecule is CS(=O)(=O)c1c(Cl)cccc1N/N=C(\C#N)C(=N)N. The highest BCUT2D eigenvalue weighted by Gasteiger charge is 2.17. The van der Waals surface area contributed by atoms with Crippen LogP contribution < -0.4 is 11.2 Å². The average Bonchev–Trinajstić information content (AvgIpc) is 2.27. The second kappa shape index (κ2) is 5.69. The van der Waals surface area contributed by atoms with Crippen LogP contribution in [0.1, 0.15) is 0 Å². The molecule has 7 nitrogen and oxygen atoms in total. The summed E-state index contributed by atoms with van der Waals surface area (Å²) in [6.07, 6.45) is 0.999. The zero-order valence-corrected chi connectivity index (χ0v) is 11.4.